The van der Waals surface area contributed by atoms with Gasteiger partial charge in [-0.05, 0) is 35.4 Å². The highest BCUT2D eigenvalue weighted by molar-refractivity contribution is 9.10. The molecule has 0 unspecified atom stereocenters. The lowest BCUT2D eigenvalue weighted by molar-refractivity contribution is -0.148. The Kier molecular flexibility index (Phi) is 4.20. The Hall–Kier alpha value is -1.81. The predicted molar refractivity (Wildman–Crippen MR) is 90.3 cm³/mol. The number of carboxylic acid groups (broad SMARTS) is 1. The van der Waals surface area contributed by atoms with E-state index in [2.05, 4.69) is 26.3 Å². The van der Waals surface area contributed by atoms with Crippen LogP contribution in [-0.4, -0.2) is 54.7 Å². The van der Waals surface area contributed by atoms with E-state index in [0.29, 0.717) is 15.8 Å². The molecular formula is C14H15BrN4O4S. The summed E-state index contributed by atoms with van der Waals surface area (Å²) in [5, 5.41) is 15.7. The summed E-state index contributed by atoms with van der Waals surface area (Å²) in [6, 6.07) is -0.751. The molecule has 2 N–H and O–H groups in total. The second kappa shape index (κ2) is 5.92. The number of hydrogen-bond donors (Lipinski definition) is 2. The summed E-state index contributed by atoms with van der Waals surface area (Å²) in [7, 11) is 1.72. The molecule has 0 saturated carbocycles. The van der Waals surface area contributed by atoms with Gasteiger partial charge < -0.3 is 10.4 Å². The Morgan fingerprint density at radius 1 is 1.42 bits per heavy atom. The number of carbonyl (C=O) groups excluding carboxylic acids is 2. The van der Waals surface area contributed by atoms with Crippen LogP contribution in [0.4, 0.5) is 0 Å². The summed E-state index contributed by atoms with van der Waals surface area (Å²) in [6.45, 7) is 3.51. The molecule has 0 aliphatic carbocycles. The Morgan fingerprint density at radius 3 is 2.62 bits per heavy atom. The number of carboxylic acids is 1. The van der Waals surface area contributed by atoms with Crippen LogP contribution in [0.3, 0.4) is 0 Å². The minimum absolute atomic E-state index is 0.0177. The molecule has 2 amide bonds. The summed E-state index contributed by atoms with van der Waals surface area (Å²) < 4.78 is 2.14. The van der Waals surface area contributed by atoms with Crippen LogP contribution in [0, 0.1) is 6.92 Å². The molecule has 8 nitrogen and oxygen atoms in total. The second-order valence-electron chi connectivity index (χ2n) is 5.67. The van der Waals surface area contributed by atoms with Crippen molar-refractivity contribution in [2.75, 3.05) is 5.75 Å². The highest BCUT2D eigenvalue weighted by atomic mass is 79.9. The SMILES string of the molecule is CC1=C(C(=O)O)N2C(=O)[C@H](NC(=O)c3nn(C)c(C)c3Br)[C@H]2SC1. The van der Waals surface area contributed by atoms with Crippen molar-refractivity contribution in [1.29, 1.82) is 0 Å². The van der Waals surface area contributed by atoms with E-state index in [-0.39, 0.29) is 11.4 Å². The number of rotatable bonds is 3. The predicted octanol–water partition coefficient (Wildman–Crippen LogP) is 0.863. The van der Waals surface area contributed by atoms with Crippen molar-refractivity contribution in [1.82, 2.24) is 20.0 Å². The van der Waals surface area contributed by atoms with Crippen LogP contribution in [0.25, 0.3) is 0 Å². The number of aromatic nitrogens is 2. The van der Waals surface area contributed by atoms with Gasteiger partial charge in [0.15, 0.2) is 5.69 Å². The molecule has 128 valence electrons. The van der Waals surface area contributed by atoms with Crippen LogP contribution in [-0.2, 0) is 16.6 Å². The van der Waals surface area contributed by atoms with Gasteiger partial charge in [-0.15, -0.1) is 11.8 Å². The minimum atomic E-state index is -1.13. The van der Waals surface area contributed by atoms with Gasteiger partial charge in [0.05, 0.1) is 10.2 Å². The quantitative estimate of drug-likeness (QED) is 0.710. The minimum Gasteiger partial charge on any atom is -0.477 e. The van der Waals surface area contributed by atoms with Gasteiger partial charge in [-0.2, -0.15) is 5.10 Å². The van der Waals surface area contributed by atoms with Crippen molar-refractivity contribution in [3.63, 3.8) is 0 Å². The molecule has 1 aromatic heterocycles. The van der Waals surface area contributed by atoms with E-state index in [1.54, 1.807) is 18.7 Å². The Balaban J connectivity index is 1.79. The van der Waals surface area contributed by atoms with E-state index in [4.69, 9.17) is 0 Å². The molecule has 3 heterocycles. The largest absolute Gasteiger partial charge is 0.477 e. The number of aliphatic carboxylic acids is 1. The number of thioether (sulfide) groups is 1. The standard InChI is InChI=1S/C14H15BrN4O4S/c1-5-4-24-13-9(12(21)19(13)10(5)14(22)23)16-11(20)8-7(15)6(2)18(3)17-8/h9,13H,4H2,1-3H3,(H,16,20)(H,22,23)/t9-,13+/m0/s1. The maximum atomic E-state index is 12.4. The van der Waals surface area contributed by atoms with Crippen LogP contribution in [0.2, 0.25) is 0 Å². The summed E-state index contributed by atoms with van der Waals surface area (Å²) in [5.41, 5.74) is 1.65. The molecule has 3 rings (SSSR count). The lowest BCUT2D eigenvalue weighted by Crippen LogP contribution is -2.70. The summed E-state index contributed by atoms with van der Waals surface area (Å²) in [4.78, 5) is 37.4. The third kappa shape index (κ3) is 2.44. The molecular weight excluding hydrogens is 400 g/mol. The van der Waals surface area contributed by atoms with Gasteiger partial charge in [-0.1, -0.05) is 0 Å². The Morgan fingerprint density at radius 2 is 2.08 bits per heavy atom. The molecule has 10 heteroatoms. The highest BCUT2D eigenvalue weighted by Crippen LogP contribution is 2.40. The number of fused-ring (bicyclic) bond motifs is 1. The summed E-state index contributed by atoms with van der Waals surface area (Å²) in [6.07, 6.45) is 0. The number of hydrogen-bond acceptors (Lipinski definition) is 5. The van der Waals surface area contributed by atoms with Crippen molar-refractivity contribution < 1.29 is 19.5 Å². The van der Waals surface area contributed by atoms with Crippen molar-refractivity contribution in [2.24, 2.45) is 7.05 Å². The number of nitrogens with zero attached hydrogens (tertiary/aromatic N) is 3. The van der Waals surface area contributed by atoms with Crippen molar-refractivity contribution in [2.45, 2.75) is 25.3 Å². The Bertz CT molecular complexity index is 803. The molecule has 2 aliphatic rings. The number of carbonyl (C=O) groups is 3. The first-order valence-electron chi connectivity index (χ1n) is 7.11. The molecule has 2 aliphatic heterocycles. The smallest absolute Gasteiger partial charge is 0.352 e. The molecule has 0 spiro atoms. The van der Waals surface area contributed by atoms with Crippen molar-refractivity contribution in [3.8, 4) is 0 Å². The lowest BCUT2D eigenvalue weighted by Gasteiger charge is -2.49. The van der Waals surface area contributed by atoms with Crippen LogP contribution in [0.15, 0.2) is 15.7 Å². The van der Waals surface area contributed by atoms with Crippen molar-refractivity contribution >= 4 is 45.5 Å². The zero-order chi connectivity index (χ0) is 17.8. The first-order chi connectivity index (χ1) is 11.2. The molecule has 0 radical (unpaired) electrons. The zero-order valence-electron chi connectivity index (χ0n) is 13.2. The number of nitrogens with one attached hydrogen (secondary N) is 1. The van der Waals surface area contributed by atoms with Gasteiger partial charge >= 0.3 is 5.97 Å². The summed E-state index contributed by atoms with van der Waals surface area (Å²) in [5.74, 6) is -1.50. The fourth-order valence-electron chi connectivity index (χ4n) is 2.71. The van der Waals surface area contributed by atoms with Gasteiger partial charge in [0, 0.05) is 12.8 Å². The highest BCUT2D eigenvalue weighted by Gasteiger charge is 2.53. The molecule has 1 aromatic rings. The van der Waals surface area contributed by atoms with Gasteiger partial charge in [-0.25, -0.2) is 4.79 Å². The Labute approximate surface area is 150 Å². The zero-order valence-corrected chi connectivity index (χ0v) is 15.6. The first-order valence-corrected chi connectivity index (χ1v) is 8.96. The average Bonchev–Trinajstić information content (AvgIpc) is 2.79. The molecule has 1 saturated heterocycles. The molecule has 1 fully saturated rings. The molecule has 0 aromatic carbocycles. The maximum absolute atomic E-state index is 12.4. The third-order valence-electron chi connectivity index (χ3n) is 4.12. The van der Waals surface area contributed by atoms with E-state index in [9.17, 15) is 19.5 Å². The van der Waals surface area contributed by atoms with Crippen molar-refractivity contribution in [3.05, 3.63) is 27.1 Å². The second-order valence-corrected chi connectivity index (χ2v) is 7.56. The normalized spacial score (nSPS) is 23.0. The molecule has 24 heavy (non-hydrogen) atoms. The van der Waals surface area contributed by atoms with Gasteiger partial charge in [-0.3, -0.25) is 19.2 Å². The first kappa shape index (κ1) is 17.0. The average molecular weight is 415 g/mol. The number of amides is 2. The van der Waals surface area contributed by atoms with Crippen LogP contribution in [0.1, 0.15) is 23.1 Å². The van der Waals surface area contributed by atoms with E-state index < -0.39 is 29.2 Å². The van der Waals surface area contributed by atoms with Gasteiger partial charge in [0.1, 0.15) is 17.1 Å². The number of halogens is 1. The van der Waals surface area contributed by atoms with E-state index in [0.717, 1.165) is 5.69 Å². The van der Waals surface area contributed by atoms with Crippen LogP contribution < -0.4 is 5.32 Å². The van der Waals surface area contributed by atoms with Crippen LogP contribution >= 0.6 is 27.7 Å². The summed E-state index contributed by atoms with van der Waals surface area (Å²) >= 11 is 4.76. The van der Waals surface area contributed by atoms with E-state index in [1.807, 2.05) is 6.92 Å². The van der Waals surface area contributed by atoms with Gasteiger partial charge in [0.2, 0.25) is 0 Å². The third-order valence-corrected chi connectivity index (χ3v) is 6.50. The maximum Gasteiger partial charge on any atom is 0.352 e. The van der Waals surface area contributed by atoms with E-state index >= 15 is 0 Å². The van der Waals surface area contributed by atoms with E-state index in [1.165, 1.54) is 16.7 Å². The topological polar surface area (TPSA) is 105 Å². The van der Waals surface area contributed by atoms with Gasteiger partial charge in [0.25, 0.3) is 11.8 Å². The fraction of sp³-hybridized carbons (Fsp3) is 0.429. The monoisotopic (exact) mass is 414 g/mol. The fourth-order valence-corrected chi connectivity index (χ4v) is 4.52. The number of aryl methyl sites for hydroxylation is 1. The molecule has 2 atom stereocenters. The molecule has 0 bridgehead atoms. The lowest BCUT2D eigenvalue weighted by atomic mass is 10.0. The van der Waals surface area contributed by atoms with Crippen LogP contribution in [0.5, 0.6) is 0 Å². The number of β-lactam (4-membered cyclic amide) rings is 1.